The average Bonchev–Trinajstić information content (AvgIpc) is 2.51. The van der Waals surface area contributed by atoms with E-state index in [1.54, 1.807) is 17.4 Å². The minimum atomic E-state index is 0.454. The molecule has 72 valence electrons. The molecule has 0 unspecified atom stereocenters. The highest BCUT2D eigenvalue weighted by Crippen LogP contribution is 2.29. The molecule has 2 aromatic heterocycles. The maximum absolute atomic E-state index is 5.73. The Morgan fingerprint density at radius 1 is 1.43 bits per heavy atom. The van der Waals surface area contributed by atoms with Crippen LogP contribution in [0.25, 0.3) is 0 Å². The van der Waals surface area contributed by atoms with Crippen LogP contribution in [-0.4, -0.2) is 15.0 Å². The summed E-state index contributed by atoms with van der Waals surface area (Å²) >= 11 is 8.83. The van der Waals surface area contributed by atoms with Crippen molar-refractivity contribution in [2.75, 3.05) is 0 Å². The molecule has 0 bridgehead atoms. The lowest BCUT2D eigenvalue weighted by Crippen LogP contribution is -1.82. The molecule has 14 heavy (non-hydrogen) atoms. The van der Waals surface area contributed by atoms with Crippen LogP contribution in [0.5, 0.6) is 0 Å². The van der Waals surface area contributed by atoms with Crippen molar-refractivity contribution in [1.29, 1.82) is 0 Å². The number of thiazole rings is 1. The maximum atomic E-state index is 5.73. The van der Waals surface area contributed by atoms with Gasteiger partial charge in [0.05, 0.1) is 0 Å². The van der Waals surface area contributed by atoms with Gasteiger partial charge in [0, 0.05) is 17.1 Å². The van der Waals surface area contributed by atoms with E-state index in [0.29, 0.717) is 5.15 Å². The normalized spacial score (nSPS) is 10.4. The van der Waals surface area contributed by atoms with E-state index < -0.39 is 0 Å². The molecule has 6 heteroatoms. The average molecular weight is 244 g/mol. The fourth-order valence-corrected chi connectivity index (χ4v) is 2.81. The summed E-state index contributed by atoms with van der Waals surface area (Å²) in [6.07, 6.45) is 1.45. The van der Waals surface area contributed by atoms with Gasteiger partial charge in [0.15, 0.2) is 4.34 Å². The van der Waals surface area contributed by atoms with Gasteiger partial charge >= 0.3 is 0 Å². The third kappa shape index (κ3) is 2.43. The summed E-state index contributed by atoms with van der Waals surface area (Å²) < 4.78 is 0.970. The highest BCUT2D eigenvalue weighted by molar-refractivity contribution is 8.01. The van der Waals surface area contributed by atoms with E-state index in [1.165, 1.54) is 18.1 Å². The van der Waals surface area contributed by atoms with Crippen LogP contribution in [0.2, 0.25) is 5.15 Å². The van der Waals surface area contributed by atoms with Gasteiger partial charge in [-0.05, 0) is 18.7 Å². The molecule has 3 nitrogen and oxygen atoms in total. The molecule has 0 radical (unpaired) electrons. The zero-order valence-electron chi connectivity index (χ0n) is 7.27. The lowest BCUT2D eigenvalue weighted by atomic mass is 10.6. The summed E-state index contributed by atoms with van der Waals surface area (Å²) in [5.41, 5.74) is 1.03. The van der Waals surface area contributed by atoms with Crippen LogP contribution in [0.1, 0.15) is 5.69 Å². The molecule has 0 amide bonds. The highest BCUT2D eigenvalue weighted by atomic mass is 35.5. The van der Waals surface area contributed by atoms with Crippen LogP contribution in [-0.2, 0) is 0 Å². The molecule has 2 aromatic rings. The first kappa shape index (κ1) is 9.89. The number of halogens is 1. The molecular formula is C8H6ClN3S2. The molecular weight excluding hydrogens is 238 g/mol. The SMILES string of the molecule is Cc1csc(Sc2cc(Cl)ncn2)n1. The third-order valence-corrected chi connectivity index (χ3v) is 3.59. The molecule has 0 N–H and O–H groups in total. The highest BCUT2D eigenvalue weighted by Gasteiger charge is 2.03. The van der Waals surface area contributed by atoms with Crippen LogP contribution in [0.4, 0.5) is 0 Å². The van der Waals surface area contributed by atoms with Crippen molar-refractivity contribution in [3.63, 3.8) is 0 Å². The van der Waals surface area contributed by atoms with Gasteiger partial charge in [-0.1, -0.05) is 11.6 Å². The predicted octanol–water partition coefficient (Wildman–Crippen LogP) is 3.05. The number of nitrogens with zero attached hydrogens (tertiary/aromatic N) is 3. The number of rotatable bonds is 2. The molecule has 2 rings (SSSR count). The van der Waals surface area contributed by atoms with Gasteiger partial charge < -0.3 is 0 Å². The molecule has 0 aromatic carbocycles. The zero-order valence-corrected chi connectivity index (χ0v) is 9.66. The minimum absolute atomic E-state index is 0.454. The van der Waals surface area contributed by atoms with E-state index in [-0.39, 0.29) is 0 Å². The predicted molar refractivity (Wildman–Crippen MR) is 58.0 cm³/mol. The van der Waals surface area contributed by atoms with Gasteiger partial charge in [-0.3, -0.25) is 0 Å². The Labute approximate surface area is 94.6 Å². The van der Waals surface area contributed by atoms with E-state index in [0.717, 1.165) is 15.1 Å². The molecule has 0 aliphatic carbocycles. The van der Waals surface area contributed by atoms with Gasteiger partial charge in [0.25, 0.3) is 0 Å². The van der Waals surface area contributed by atoms with E-state index in [1.807, 2.05) is 12.3 Å². The van der Waals surface area contributed by atoms with Crippen molar-refractivity contribution >= 4 is 34.7 Å². The largest absolute Gasteiger partial charge is 0.235 e. The van der Waals surface area contributed by atoms with Crippen LogP contribution >= 0.6 is 34.7 Å². The van der Waals surface area contributed by atoms with Gasteiger partial charge in [-0.15, -0.1) is 11.3 Å². The Balaban J connectivity index is 2.18. The quantitative estimate of drug-likeness (QED) is 0.760. The first-order valence-corrected chi connectivity index (χ1v) is 5.89. The Morgan fingerprint density at radius 3 is 2.93 bits per heavy atom. The van der Waals surface area contributed by atoms with Gasteiger partial charge in [-0.25, -0.2) is 15.0 Å². The summed E-state index contributed by atoms with van der Waals surface area (Å²) in [4.78, 5) is 12.2. The molecule has 0 aliphatic heterocycles. The Kier molecular flexibility index (Phi) is 3.00. The van der Waals surface area contributed by atoms with Crippen molar-refractivity contribution in [3.05, 3.63) is 28.6 Å². The molecule has 0 aliphatic rings. The van der Waals surface area contributed by atoms with E-state index in [9.17, 15) is 0 Å². The summed E-state index contributed by atoms with van der Waals surface area (Å²) in [5.74, 6) is 0. The Morgan fingerprint density at radius 2 is 2.29 bits per heavy atom. The van der Waals surface area contributed by atoms with Crippen LogP contribution in [0.15, 0.2) is 27.1 Å². The van der Waals surface area contributed by atoms with Crippen molar-refractivity contribution in [2.45, 2.75) is 16.3 Å². The number of aromatic nitrogens is 3. The molecule has 0 spiro atoms. The molecule has 0 fully saturated rings. The number of hydrogen-bond acceptors (Lipinski definition) is 5. The third-order valence-electron chi connectivity index (χ3n) is 1.40. The smallest absolute Gasteiger partial charge is 0.156 e. The summed E-state index contributed by atoms with van der Waals surface area (Å²) in [5, 5.41) is 3.28. The number of hydrogen-bond donors (Lipinski definition) is 0. The van der Waals surface area contributed by atoms with Crippen LogP contribution in [0.3, 0.4) is 0 Å². The second-order valence-corrected chi connectivity index (χ2v) is 5.05. The molecule has 2 heterocycles. The van der Waals surface area contributed by atoms with E-state index in [2.05, 4.69) is 15.0 Å². The second-order valence-electron chi connectivity index (χ2n) is 2.54. The fraction of sp³-hybridized carbons (Fsp3) is 0.125. The maximum Gasteiger partial charge on any atom is 0.156 e. The van der Waals surface area contributed by atoms with Crippen molar-refractivity contribution in [1.82, 2.24) is 15.0 Å². The lowest BCUT2D eigenvalue weighted by Gasteiger charge is -1.95. The zero-order chi connectivity index (χ0) is 9.97. The Bertz CT molecular complexity index is 444. The topological polar surface area (TPSA) is 38.7 Å². The first-order chi connectivity index (χ1) is 6.74. The monoisotopic (exact) mass is 243 g/mol. The van der Waals surface area contributed by atoms with Gasteiger partial charge in [0.2, 0.25) is 0 Å². The fourth-order valence-electron chi connectivity index (χ4n) is 0.842. The second kappa shape index (κ2) is 4.25. The van der Waals surface area contributed by atoms with E-state index in [4.69, 9.17) is 11.6 Å². The Hall–Kier alpha value is -0.650. The number of aryl methyl sites for hydroxylation is 1. The summed E-state index contributed by atoms with van der Waals surface area (Å²) in [6, 6.07) is 1.73. The van der Waals surface area contributed by atoms with Crippen LogP contribution in [0, 0.1) is 6.92 Å². The van der Waals surface area contributed by atoms with Crippen LogP contribution < -0.4 is 0 Å². The lowest BCUT2D eigenvalue weighted by molar-refractivity contribution is 1.04. The van der Waals surface area contributed by atoms with Gasteiger partial charge in [0.1, 0.15) is 16.5 Å². The van der Waals surface area contributed by atoms with E-state index >= 15 is 0 Å². The first-order valence-electron chi connectivity index (χ1n) is 3.81. The van der Waals surface area contributed by atoms with Gasteiger partial charge in [-0.2, -0.15) is 0 Å². The van der Waals surface area contributed by atoms with Crippen molar-refractivity contribution in [2.24, 2.45) is 0 Å². The standard InChI is InChI=1S/C8H6ClN3S2/c1-5-3-13-8(12-5)14-7-2-6(9)10-4-11-7/h2-4H,1H3. The molecule has 0 saturated heterocycles. The van der Waals surface area contributed by atoms with Crippen molar-refractivity contribution < 1.29 is 0 Å². The minimum Gasteiger partial charge on any atom is -0.235 e. The van der Waals surface area contributed by atoms with Crippen molar-refractivity contribution in [3.8, 4) is 0 Å². The molecule has 0 saturated carbocycles. The summed E-state index contributed by atoms with van der Waals surface area (Å²) in [7, 11) is 0. The summed E-state index contributed by atoms with van der Waals surface area (Å²) in [6.45, 7) is 1.97. The molecule has 0 atom stereocenters.